The molecular formula is C21H26N8. The number of guanidine groups is 1. The molecule has 0 amide bonds. The molecule has 7 N–H and O–H groups in total. The van der Waals surface area contributed by atoms with Crippen LogP contribution in [0.4, 0.5) is 11.5 Å². The third-order valence-corrected chi connectivity index (χ3v) is 4.42. The van der Waals surface area contributed by atoms with Crippen LogP contribution in [0.1, 0.15) is 23.4 Å². The molecule has 150 valence electrons. The van der Waals surface area contributed by atoms with Crippen LogP contribution in [0.25, 0.3) is 11.4 Å². The molecule has 1 atom stereocenters. The van der Waals surface area contributed by atoms with Gasteiger partial charge in [0.1, 0.15) is 5.69 Å². The van der Waals surface area contributed by atoms with E-state index in [1.54, 1.807) is 6.20 Å². The predicted octanol–water partition coefficient (Wildman–Crippen LogP) is 2.07. The third-order valence-electron chi connectivity index (χ3n) is 4.42. The lowest BCUT2D eigenvalue weighted by Crippen LogP contribution is -2.32. The van der Waals surface area contributed by atoms with Gasteiger partial charge in [0.05, 0.1) is 24.1 Å². The van der Waals surface area contributed by atoms with Crippen molar-refractivity contribution in [3.63, 3.8) is 0 Å². The van der Waals surface area contributed by atoms with E-state index in [-0.39, 0.29) is 12.0 Å². The minimum Gasteiger partial charge on any atom is -0.379 e. The van der Waals surface area contributed by atoms with Crippen LogP contribution >= 0.6 is 0 Å². The molecule has 0 saturated carbocycles. The molecule has 1 aromatic heterocycles. The number of rotatable bonds is 9. The monoisotopic (exact) mass is 390 g/mol. The second-order valence-electron chi connectivity index (χ2n) is 6.61. The molecule has 3 rings (SSSR count). The first-order valence-corrected chi connectivity index (χ1v) is 9.29. The van der Waals surface area contributed by atoms with Crippen molar-refractivity contribution in [3.8, 4) is 0 Å². The van der Waals surface area contributed by atoms with Gasteiger partial charge in [-0.2, -0.15) is 4.99 Å². The van der Waals surface area contributed by atoms with Crippen molar-refractivity contribution in [1.29, 1.82) is 0 Å². The van der Waals surface area contributed by atoms with Gasteiger partial charge in [-0.15, -0.1) is 6.58 Å². The SMILES string of the molecule is C=CC(CCN)NC(=C)c1ccc(NCc2cnc3c(n2)C(=C)NC(N)=N3)cc1. The topological polar surface area (TPSA) is 126 Å². The van der Waals surface area contributed by atoms with Gasteiger partial charge in [0.25, 0.3) is 0 Å². The van der Waals surface area contributed by atoms with E-state index in [4.69, 9.17) is 11.5 Å². The maximum absolute atomic E-state index is 5.67. The third kappa shape index (κ3) is 4.99. The molecule has 0 fully saturated rings. The second-order valence-corrected chi connectivity index (χ2v) is 6.61. The van der Waals surface area contributed by atoms with Crippen LogP contribution < -0.4 is 27.4 Å². The second kappa shape index (κ2) is 9.03. The Kier molecular flexibility index (Phi) is 6.25. The zero-order valence-corrected chi connectivity index (χ0v) is 16.3. The molecular weight excluding hydrogens is 364 g/mol. The number of hydrogen-bond acceptors (Lipinski definition) is 8. The molecule has 8 nitrogen and oxygen atoms in total. The molecule has 29 heavy (non-hydrogen) atoms. The molecule has 1 aliphatic heterocycles. The Morgan fingerprint density at radius 2 is 2.03 bits per heavy atom. The summed E-state index contributed by atoms with van der Waals surface area (Å²) in [5.41, 5.74) is 16.1. The van der Waals surface area contributed by atoms with E-state index in [2.05, 4.69) is 50.6 Å². The van der Waals surface area contributed by atoms with Crippen LogP contribution in [-0.4, -0.2) is 28.5 Å². The fourth-order valence-corrected chi connectivity index (χ4v) is 2.86. The number of fused-ring (bicyclic) bond motifs is 1. The smallest absolute Gasteiger partial charge is 0.199 e. The normalized spacial score (nSPS) is 13.6. The zero-order valence-electron chi connectivity index (χ0n) is 16.3. The van der Waals surface area contributed by atoms with E-state index in [0.29, 0.717) is 30.3 Å². The molecule has 0 spiro atoms. The molecule has 1 unspecified atom stereocenters. The van der Waals surface area contributed by atoms with Gasteiger partial charge in [0.2, 0.25) is 0 Å². The fourth-order valence-electron chi connectivity index (χ4n) is 2.86. The summed E-state index contributed by atoms with van der Waals surface area (Å²) in [4.78, 5) is 13.0. The minimum absolute atomic E-state index is 0.108. The summed E-state index contributed by atoms with van der Waals surface area (Å²) >= 11 is 0. The summed E-state index contributed by atoms with van der Waals surface area (Å²) in [6.07, 6.45) is 4.33. The van der Waals surface area contributed by atoms with Crippen LogP contribution in [0.2, 0.25) is 0 Å². The van der Waals surface area contributed by atoms with E-state index in [9.17, 15) is 0 Å². The summed E-state index contributed by atoms with van der Waals surface area (Å²) in [7, 11) is 0. The highest BCUT2D eigenvalue weighted by Gasteiger charge is 2.16. The molecule has 0 radical (unpaired) electrons. The van der Waals surface area contributed by atoms with E-state index < -0.39 is 0 Å². The van der Waals surface area contributed by atoms with Crippen molar-refractivity contribution < 1.29 is 0 Å². The molecule has 0 aliphatic carbocycles. The first-order valence-electron chi connectivity index (χ1n) is 9.29. The number of aliphatic imine (C=N–C) groups is 1. The van der Waals surface area contributed by atoms with E-state index in [1.165, 1.54) is 0 Å². The maximum Gasteiger partial charge on any atom is 0.199 e. The van der Waals surface area contributed by atoms with Gasteiger partial charge < -0.3 is 27.4 Å². The Hall–Kier alpha value is -3.65. The maximum atomic E-state index is 5.67. The predicted molar refractivity (Wildman–Crippen MR) is 119 cm³/mol. The van der Waals surface area contributed by atoms with E-state index in [1.807, 2.05) is 30.3 Å². The number of hydrogen-bond donors (Lipinski definition) is 5. The summed E-state index contributed by atoms with van der Waals surface area (Å²) in [5.74, 6) is 0.735. The number of nitrogens with one attached hydrogen (secondary N) is 3. The van der Waals surface area contributed by atoms with Gasteiger partial charge in [-0.05, 0) is 30.7 Å². The van der Waals surface area contributed by atoms with Gasteiger partial charge in [-0.25, -0.2) is 9.97 Å². The standard InChI is InChI=1S/C21H26N8/c1-4-16(9-10-22)26-13(2)15-5-7-17(8-6-15)24-11-18-12-25-20-19(28-18)14(3)27-21(23)29-20/h4-8,12,16,24,26H,1-3,9-11,22H2,(H3,23,25,27,29). The Balaban J connectivity index is 1.61. The van der Waals surface area contributed by atoms with Crippen molar-refractivity contribution in [3.05, 3.63) is 73.2 Å². The minimum atomic E-state index is 0.108. The Morgan fingerprint density at radius 1 is 1.28 bits per heavy atom. The van der Waals surface area contributed by atoms with Crippen LogP contribution in [0, 0.1) is 0 Å². The van der Waals surface area contributed by atoms with Gasteiger partial charge in [-0.3, -0.25) is 0 Å². The largest absolute Gasteiger partial charge is 0.379 e. The van der Waals surface area contributed by atoms with Gasteiger partial charge in [0.15, 0.2) is 11.8 Å². The Morgan fingerprint density at radius 3 is 2.72 bits per heavy atom. The highest BCUT2D eigenvalue weighted by molar-refractivity contribution is 5.93. The number of nitrogens with zero attached hydrogens (tertiary/aromatic N) is 3. The number of aromatic nitrogens is 2. The summed E-state index contributed by atoms with van der Waals surface area (Å²) in [5, 5.41) is 9.53. The van der Waals surface area contributed by atoms with Crippen molar-refractivity contribution >= 4 is 28.9 Å². The van der Waals surface area contributed by atoms with Gasteiger partial charge >= 0.3 is 0 Å². The number of anilines is 1. The molecule has 1 aromatic carbocycles. The summed E-state index contributed by atoms with van der Waals surface area (Å²) in [6, 6.07) is 8.10. The highest BCUT2D eigenvalue weighted by Crippen LogP contribution is 2.23. The first-order chi connectivity index (χ1) is 14.0. The Bertz CT molecular complexity index is 946. The van der Waals surface area contributed by atoms with Crippen molar-refractivity contribution in [1.82, 2.24) is 20.6 Å². The lowest BCUT2D eigenvalue weighted by molar-refractivity contribution is 0.659. The van der Waals surface area contributed by atoms with Crippen LogP contribution in [0.5, 0.6) is 0 Å². The van der Waals surface area contributed by atoms with Crippen molar-refractivity contribution in [2.24, 2.45) is 16.5 Å². The first kappa shape index (κ1) is 20.1. The quantitative estimate of drug-likeness (QED) is 0.415. The number of benzene rings is 1. The Labute approximate surface area is 170 Å². The van der Waals surface area contributed by atoms with Gasteiger partial charge in [-0.1, -0.05) is 31.4 Å². The molecule has 2 heterocycles. The molecule has 1 aliphatic rings. The average Bonchev–Trinajstić information content (AvgIpc) is 2.72. The summed E-state index contributed by atoms with van der Waals surface area (Å²) < 4.78 is 0. The molecule has 8 heteroatoms. The lowest BCUT2D eigenvalue weighted by atomic mass is 10.1. The molecule has 0 bridgehead atoms. The van der Waals surface area contributed by atoms with Crippen LogP contribution in [0.15, 0.2) is 61.3 Å². The van der Waals surface area contributed by atoms with Crippen molar-refractivity contribution in [2.75, 3.05) is 11.9 Å². The molecule has 0 saturated heterocycles. The highest BCUT2D eigenvalue weighted by atomic mass is 15.2. The zero-order chi connectivity index (χ0) is 20.8. The van der Waals surface area contributed by atoms with Crippen molar-refractivity contribution in [2.45, 2.75) is 19.0 Å². The van der Waals surface area contributed by atoms with Crippen LogP contribution in [-0.2, 0) is 6.54 Å². The van der Waals surface area contributed by atoms with Crippen LogP contribution in [0.3, 0.4) is 0 Å². The molecule has 2 aromatic rings. The van der Waals surface area contributed by atoms with Gasteiger partial charge in [0, 0.05) is 17.4 Å². The summed E-state index contributed by atoms with van der Waals surface area (Å²) in [6.45, 7) is 12.9. The van der Waals surface area contributed by atoms with E-state index >= 15 is 0 Å². The lowest BCUT2D eigenvalue weighted by Gasteiger charge is -2.18. The number of nitrogens with two attached hydrogens (primary N) is 2. The van der Waals surface area contributed by atoms with E-state index in [0.717, 1.165) is 29.1 Å². The average molecular weight is 390 g/mol. The fraction of sp³-hybridized carbons (Fsp3) is 0.190.